The van der Waals surface area contributed by atoms with Crippen LogP contribution >= 0.6 is 11.6 Å². The number of amides is 1. The van der Waals surface area contributed by atoms with E-state index in [0.717, 1.165) is 5.56 Å². The number of carbonyl (C=O) groups is 1. The molecule has 0 aliphatic rings. The van der Waals surface area contributed by atoms with Crippen LogP contribution in [-0.2, 0) is 9.53 Å². The van der Waals surface area contributed by atoms with Crippen LogP contribution in [0.15, 0.2) is 47.6 Å². The average molecular weight is 377 g/mol. The van der Waals surface area contributed by atoms with Gasteiger partial charge < -0.3 is 14.2 Å². The van der Waals surface area contributed by atoms with Gasteiger partial charge in [-0.05, 0) is 48.4 Å². The minimum atomic E-state index is -0.778. The summed E-state index contributed by atoms with van der Waals surface area (Å²) in [6, 6.07) is 12.2. The fraction of sp³-hybridized carbons (Fsp3) is 0.263. The summed E-state index contributed by atoms with van der Waals surface area (Å²) in [6.45, 7) is 2.41. The lowest BCUT2D eigenvalue weighted by atomic mass is 10.1. The minimum absolute atomic E-state index is 0.385. The first-order valence-corrected chi connectivity index (χ1v) is 8.38. The summed E-state index contributed by atoms with van der Waals surface area (Å²) in [5.74, 6) is 0.862. The first-order chi connectivity index (χ1) is 12.6. The molecule has 1 atom stereocenters. The van der Waals surface area contributed by atoms with E-state index in [-0.39, 0.29) is 5.91 Å². The largest absolute Gasteiger partial charge is 0.493 e. The number of hydrogen-bond acceptors (Lipinski definition) is 5. The number of benzene rings is 2. The predicted molar refractivity (Wildman–Crippen MR) is 101 cm³/mol. The third kappa shape index (κ3) is 5.21. The van der Waals surface area contributed by atoms with Crippen LogP contribution in [0.4, 0.5) is 0 Å². The molecule has 0 saturated heterocycles. The van der Waals surface area contributed by atoms with E-state index in [4.69, 9.17) is 25.8 Å². The Morgan fingerprint density at radius 1 is 1.19 bits per heavy atom. The zero-order valence-corrected chi connectivity index (χ0v) is 15.6. The van der Waals surface area contributed by atoms with Gasteiger partial charge >= 0.3 is 0 Å². The van der Waals surface area contributed by atoms with E-state index in [2.05, 4.69) is 10.5 Å². The standard InChI is InChI=1S/C19H21ClN2O4/c1-4-26-17-11-13(5-10-16(17)24-2)12-21-22-19(23)18(25-3)14-6-8-15(20)9-7-14/h5-12,18H,4H2,1-3H3,(H,22,23)/b21-12+. The van der Waals surface area contributed by atoms with E-state index in [1.165, 1.54) is 13.3 Å². The number of halogens is 1. The quantitative estimate of drug-likeness (QED) is 0.564. The molecule has 7 heteroatoms. The molecule has 2 rings (SSSR count). The summed E-state index contributed by atoms with van der Waals surface area (Å²) >= 11 is 5.86. The summed E-state index contributed by atoms with van der Waals surface area (Å²) in [4.78, 5) is 12.3. The number of nitrogens with zero attached hydrogens (tertiary/aromatic N) is 1. The van der Waals surface area contributed by atoms with Gasteiger partial charge in [0.05, 0.1) is 19.9 Å². The number of ether oxygens (including phenoxy) is 3. The number of hydrogen-bond donors (Lipinski definition) is 1. The first kappa shape index (κ1) is 19.8. The molecule has 0 saturated carbocycles. The van der Waals surface area contributed by atoms with Crippen molar-refractivity contribution in [3.05, 3.63) is 58.6 Å². The molecule has 2 aromatic carbocycles. The summed E-state index contributed by atoms with van der Waals surface area (Å²) in [6.07, 6.45) is 0.744. The molecular formula is C19H21ClN2O4. The van der Waals surface area contributed by atoms with Gasteiger partial charge in [0, 0.05) is 12.1 Å². The van der Waals surface area contributed by atoms with Gasteiger partial charge in [-0.2, -0.15) is 5.10 Å². The molecule has 0 bridgehead atoms. The third-order valence-corrected chi connectivity index (χ3v) is 3.77. The Kier molecular flexibility index (Phi) is 7.44. The summed E-state index contributed by atoms with van der Waals surface area (Å²) in [7, 11) is 3.04. The Morgan fingerprint density at radius 2 is 1.92 bits per heavy atom. The molecule has 138 valence electrons. The molecule has 2 aromatic rings. The molecule has 1 N–H and O–H groups in total. The Balaban J connectivity index is 2.05. The number of carbonyl (C=O) groups excluding carboxylic acids is 1. The van der Waals surface area contributed by atoms with Crippen molar-refractivity contribution in [3.63, 3.8) is 0 Å². The van der Waals surface area contributed by atoms with Crippen LogP contribution in [0.2, 0.25) is 5.02 Å². The van der Waals surface area contributed by atoms with E-state index >= 15 is 0 Å². The number of methoxy groups -OCH3 is 2. The smallest absolute Gasteiger partial charge is 0.273 e. The summed E-state index contributed by atoms with van der Waals surface area (Å²) in [5, 5.41) is 4.57. The minimum Gasteiger partial charge on any atom is -0.493 e. The average Bonchev–Trinajstić information content (AvgIpc) is 2.64. The second-order valence-corrected chi connectivity index (χ2v) is 5.68. The molecule has 1 amide bonds. The van der Waals surface area contributed by atoms with Gasteiger partial charge in [-0.15, -0.1) is 0 Å². The van der Waals surface area contributed by atoms with Crippen molar-refractivity contribution in [3.8, 4) is 11.5 Å². The molecule has 0 spiro atoms. The molecule has 26 heavy (non-hydrogen) atoms. The highest BCUT2D eigenvalue weighted by Crippen LogP contribution is 2.27. The normalized spacial score (nSPS) is 12.0. The summed E-state index contributed by atoms with van der Waals surface area (Å²) < 4.78 is 16.0. The van der Waals surface area contributed by atoms with Gasteiger partial charge in [0.1, 0.15) is 0 Å². The highest BCUT2D eigenvalue weighted by molar-refractivity contribution is 6.30. The van der Waals surface area contributed by atoms with Crippen molar-refractivity contribution in [2.45, 2.75) is 13.0 Å². The van der Waals surface area contributed by atoms with Gasteiger partial charge in [0.15, 0.2) is 17.6 Å². The summed E-state index contributed by atoms with van der Waals surface area (Å²) in [5.41, 5.74) is 3.92. The van der Waals surface area contributed by atoms with Crippen molar-refractivity contribution >= 4 is 23.7 Å². The molecule has 0 fully saturated rings. The third-order valence-electron chi connectivity index (χ3n) is 3.52. The van der Waals surface area contributed by atoms with Gasteiger partial charge in [-0.25, -0.2) is 5.43 Å². The van der Waals surface area contributed by atoms with Crippen LogP contribution in [0.25, 0.3) is 0 Å². The fourth-order valence-corrected chi connectivity index (χ4v) is 2.43. The maximum absolute atomic E-state index is 12.3. The Bertz CT molecular complexity index is 763. The molecule has 6 nitrogen and oxygen atoms in total. The fourth-order valence-electron chi connectivity index (χ4n) is 2.30. The highest BCUT2D eigenvalue weighted by Gasteiger charge is 2.19. The van der Waals surface area contributed by atoms with Crippen molar-refractivity contribution in [1.82, 2.24) is 5.43 Å². The van der Waals surface area contributed by atoms with E-state index in [1.807, 2.05) is 13.0 Å². The van der Waals surface area contributed by atoms with E-state index in [0.29, 0.717) is 28.7 Å². The molecular weight excluding hydrogens is 356 g/mol. The topological polar surface area (TPSA) is 69.2 Å². The van der Waals surface area contributed by atoms with Gasteiger partial charge in [0.25, 0.3) is 5.91 Å². The molecule has 0 aromatic heterocycles. The number of nitrogens with one attached hydrogen (secondary N) is 1. The second-order valence-electron chi connectivity index (χ2n) is 5.24. The van der Waals surface area contributed by atoms with Gasteiger partial charge in [-0.1, -0.05) is 23.7 Å². The lowest BCUT2D eigenvalue weighted by Crippen LogP contribution is -2.26. The monoisotopic (exact) mass is 376 g/mol. The van der Waals surface area contributed by atoms with Crippen molar-refractivity contribution in [1.29, 1.82) is 0 Å². The molecule has 0 radical (unpaired) electrons. The van der Waals surface area contributed by atoms with Crippen molar-refractivity contribution in [2.24, 2.45) is 5.10 Å². The Labute approximate surface area is 157 Å². The molecule has 0 aliphatic heterocycles. The van der Waals surface area contributed by atoms with E-state index in [1.54, 1.807) is 43.5 Å². The van der Waals surface area contributed by atoms with Crippen LogP contribution in [-0.4, -0.2) is 32.9 Å². The predicted octanol–water partition coefficient (Wildman–Crippen LogP) is 3.59. The van der Waals surface area contributed by atoms with E-state index in [9.17, 15) is 4.79 Å². The van der Waals surface area contributed by atoms with Crippen LogP contribution in [0.1, 0.15) is 24.2 Å². The maximum atomic E-state index is 12.3. The second kappa shape index (κ2) is 9.79. The zero-order chi connectivity index (χ0) is 18.9. The van der Waals surface area contributed by atoms with Crippen molar-refractivity contribution < 1.29 is 19.0 Å². The van der Waals surface area contributed by atoms with E-state index < -0.39 is 6.10 Å². The first-order valence-electron chi connectivity index (χ1n) is 8.01. The number of rotatable bonds is 8. The maximum Gasteiger partial charge on any atom is 0.273 e. The van der Waals surface area contributed by atoms with Crippen molar-refractivity contribution in [2.75, 3.05) is 20.8 Å². The van der Waals surface area contributed by atoms with Crippen LogP contribution in [0.5, 0.6) is 11.5 Å². The molecule has 1 unspecified atom stereocenters. The Morgan fingerprint density at radius 3 is 2.54 bits per heavy atom. The zero-order valence-electron chi connectivity index (χ0n) is 14.9. The van der Waals surface area contributed by atoms with Crippen LogP contribution < -0.4 is 14.9 Å². The highest BCUT2D eigenvalue weighted by atomic mass is 35.5. The van der Waals surface area contributed by atoms with Gasteiger partial charge in [-0.3, -0.25) is 4.79 Å². The van der Waals surface area contributed by atoms with Crippen LogP contribution in [0.3, 0.4) is 0 Å². The molecule has 0 heterocycles. The lowest BCUT2D eigenvalue weighted by Gasteiger charge is -2.13. The lowest BCUT2D eigenvalue weighted by molar-refractivity contribution is -0.131. The molecule has 0 aliphatic carbocycles. The van der Waals surface area contributed by atoms with Crippen LogP contribution in [0, 0.1) is 0 Å². The Hall–Kier alpha value is -2.57. The van der Waals surface area contributed by atoms with Gasteiger partial charge in [0.2, 0.25) is 0 Å². The number of hydrazone groups is 1. The SMILES string of the molecule is CCOc1cc(/C=N/NC(=O)C(OC)c2ccc(Cl)cc2)ccc1OC.